The maximum Gasteiger partial charge on any atom is 0.257 e. The summed E-state index contributed by atoms with van der Waals surface area (Å²) in [6.07, 6.45) is 4.52. The Morgan fingerprint density at radius 1 is 1.12 bits per heavy atom. The van der Waals surface area contributed by atoms with E-state index in [1.54, 1.807) is 16.7 Å². The van der Waals surface area contributed by atoms with Crippen LogP contribution in [0.1, 0.15) is 45.4 Å². The van der Waals surface area contributed by atoms with Gasteiger partial charge in [0, 0.05) is 64.3 Å². The van der Waals surface area contributed by atoms with Crippen molar-refractivity contribution >= 4 is 17.2 Å². The first-order valence-electron chi connectivity index (χ1n) is 13.6. The Balaban J connectivity index is 0.000000316. The van der Waals surface area contributed by atoms with Gasteiger partial charge in [0.15, 0.2) is 0 Å². The van der Waals surface area contributed by atoms with Crippen LogP contribution in [0.4, 0.5) is 4.39 Å². The quantitative estimate of drug-likeness (QED) is 0.226. The number of fused-ring (bicyclic) bond motifs is 4. The monoisotopic (exact) mass is 745 g/mol. The molecule has 3 heterocycles. The molecular formula is C32H36FN3O5W. The number of ether oxygens (including phenoxy) is 1. The summed E-state index contributed by atoms with van der Waals surface area (Å²) >= 11 is 0. The van der Waals surface area contributed by atoms with Gasteiger partial charge in [0.05, 0.1) is 30.1 Å². The van der Waals surface area contributed by atoms with E-state index in [2.05, 4.69) is 0 Å². The summed E-state index contributed by atoms with van der Waals surface area (Å²) in [6, 6.07) is 10.5. The van der Waals surface area contributed by atoms with Gasteiger partial charge >= 0.3 is 0 Å². The van der Waals surface area contributed by atoms with Crippen LogP contribution < -0.4 is 11.3 Å². The van der Waals surface area contributed by atoms with Crippen molar-refractivity contribution in [3.63, 3.8) is 0 Å². The number of nitrogens with two attached hydrogens (primary N) is 1. The van der Waals surface area contributed by atoms with Crippen molar-refractivity contribution in [1.82, 2.24) is 9.55 Å². The number of aliphatic hydroxyl groups excluding tert-OH is 1. The van der Waals surface area contributed by atoms with Gasteiger partial charge in [0.1, 0.15) is 17.9 Å². The van der Waals surface area contributed by atoms with Crippen LogP contribution in [0.15, 0.2) is 41.2 Å². The van der Waals surface area contributed by atoms with Crippen LogP contribution in [0.2, 0.25) is 0 Å². The number of halogens is 1. The predicted molar refractivity (Wildman–Crippen MR) is 157 cm³/mol. The standard InChI is InChI=1S/C23H21FN2O3.C8H11NO.CH4O.W/c1-12-14-4-3-5-15-16-10-26-20(22(16)25-19(21(14)15)9-18(12)24)8-13(6-7-27)17(11-29-2)23(26)28;9-6-5-7-1-3-8(10)4-2-7;1-2;/h7-9H,3-6,10-11H2,1-2H3;1-4,10H,5-6,9H2;2H,1H3;. The first-order valence-corrected chi connectivity index (χ1v) is 13.6. The minimum absolute atomic E-state index is 0. The van der Waals surface area contributed by atoms with Gasteiger partial charge in [-0.1, -0.05) is 12.1 Å². The Morgan fingerprint density at radius 3 is 2.45 bits per heavy atom. The Hall–Kier alpha value is -3.23. The van der Waals surface area contributed by atoms with Crippen molar-refractivity contribution in [3.05, 3.63) is 91.5 Å². The van der Waals surface area contributed by atoms with Crippen LogP contribution in [0.25, 0.3) is 22.3 Å². The van der Waals surface area contributed by atoms with Crippen LogP contribution >= 0.6 is 0 Å². The maximum atomic E-state index is 14.5. The van der Waals surface area contributed by atoms with E-state index in [0.29, 0.717) is 46.7 Å². The normalized spacial score (nSPS) is 12.2. The molecule has 222 valence electrons. The van der Waals surface area contributed by atoms with E-state index in [-0.39, 0.29) is 45.5 Å². The molecule has 10 heteroatoms. The molecule has 0 bridgehead atoms. The Labute approximate surface area is 258 Å². The molecule has 0 fully saturated rings. The summed E-state index contributed by atoms with van der Waals surface area (Å²) in [6.45, 7) is 3.10. The molecule has 0 unspecified atom stereocenters. The summed E-state index contributed by atoms with van der Waals surface area (Å²) in [5.41, 5.74) is 13.6. The molecule has 4 aromatic rings. The van der Waals surface area contributed by atoms with Crippen molar-refractivity contribution in [3.8, 4) is 17.1 Å². The molecule has 4 N–H and O–H groups in total. The molecule has 1 aliphatic carbocycles. The molecule has 0 amide bonds. The number of carbonyl (C=O) groups excluding carboxylic acids is 1. The number of benzene rings is 2. The minimum atomic E-state index is -0.236. The van der Waals surface area contributed by atoms with Crippen LogP contribution in [-0.2, 0) is 69.4 Å². The topological polar surface area (TPSA) is 128 Å². The SMILES string of the molecule is CO.COCc1c(CC=O)cc2n(c1=O)Cc1c-2nc2cc(F)c(C)c3c2c1CCC3.NCCc1ccc(O)cc1.[W]. The third-order valence-corrected chi connectivity index (χ3v) is 7.68. The van der Waals surface area contributed by atoms with Gasteiger partial charge in [0.2, 0.25) is 0 Å². The summed E-state index contributed by atoms with van der Waals surface area (Å²) in [5.74, 6) is 0.0704. The molecule has 2 aliphatic rings. The van der Waals surface area contributed by atoms with Crippen LogP contribution in [0.3, 0.4) is 0 Å². The second kappa shape index (κ2) is 14.8. The fraction of sp³-hybridized carbons (Fsp3) is 0.344. The number of methoxy groups -OCH3 is 1. The van der Waals surface area contributed by atoms with Gasteiger partial charge in [-0.05, 0) is 85.2 Å². The smallest absolute Gasteiger partial charge is 0.257 e. The van der Waals surface area contributed by atoms with Crippen molar-refractivity contribution in [2.45, 2.75) is 52.2 Å². The number of aldehydes is 1. The number of rotatable bonds is 6. The molecule has 0 atom stereocenters. The zero-order valence-corrected chi connectivity index (χ0v) is 27.0. The van der Waals surface area contributed by atoms with E-state index in [1.807, 2.05) is 25.1 Å². The predicted octanol–water partition coefficient (Wildman–Crippen LogP) is 3.75. The van der Waals surface area contributed by atoms with Crippen LogP contribution in [0, 0.1) is 12.7 Å². The molecule has 8 nitrogen and oxygen atoms in total. The van der Waals surface area contributed by atoms with E-state index in [4.69, 9.17) is 25.7 Å². The second-order valence-electron chi connectivity index (χ2n) is 10.1. The van der Waals surface area contributed by atoms with Gasteiger partial charge < -0.3 is 30.0 Å². The molecule has 0 spiro atoms. The van der Waals surface area contributed by atoms with E-state index in [9.17, 15) is 14.0 Å². The molecule has 0 saturated carbocycles. The van der Waals surface area contributed by atoms with Crippen LogP contribution in [-0.4, -0.2) is 46.8 Å². The number of aromatic nitrogens is 2. The number of carbonyl (C=O) groups is 1. The molecule has 0 radical (unpaired) electrons. The van der Waals surface area contributed by atoms with Crippen molar-refractivity contribution in [2.75, 3.05) is 20.8 Å². The van der Waals surface area contributed by atoms with Crippen LogP contribution in [0.5, 0.6) is 5.75 Å². The number of nitrogens with zero attached hydrogens (tertiary/aromatic N) is 2. The molecule has 6 rings (SSSR count). The van der Waals surface area contributed by atoms with Gasteiger partial charge in [-0.25, -0.2) is 9.37 Å². The zero-order valence-electron chi connectivity index (χ0n) is 24.1. The average Bonchev–Trinajstić information content (AvgIpc) is 3.35. The number of phenols is 1. The fourth-order valence-corrected chi connectivity index (χ4v) is 5.76. The van der Waals surface area contributed by atoms with E-state index >= 15 is 0 Å². The van der Waals surface area contributed by atoms with E-state index in [1.165, 1.54) is 24.3 Å². The summed E-state index contributed by atoms with van der Waals surface area (Å²) in [5, 5.41) is 16.9. The molecular weight excluding hydrogens is 709 g/mol. The summed E-state index contributed by atoms with van der Waals surface area (Å²) in [7, 11) is 2.54. The first-order chi connectivity index (χ1) is 19.9. The maximum absolute atomic E-state index is 14.5. The first kappa shape index (κ1) is 33.3. The number of aromatic hydroxyl groups is 1. The number of aliphatic hydroxyl groups is 1. The van der Waals surface area contributed by atoms with Gasteiger partial charge in [0.25, 0.3) is 5.56 Å². The van der Waals surface area contributed by atoms with Crippen molar-refractivity contribution in [1.29, 1.82) is 0 Å². The molecule has 2 aromatic heterocycles. The number of phenolic OH excluding ortho intramolecular Hbond substituents is 1. The molecule has 42 heavy (non-hydrogen) atoms. The summed E-state index contributed by atoms with van der Waals surface area (Å²) in [4.78, 5) is 29.1. The van der Waals surface area contributed by atoms with Crippen molar-refractivity contribution < 1.29 is 45.2 Å². The largest absolute Gasteiger partial charge is 0.508 e. The molecule has 2 aromatic carbocycles. The summed E-state index contributed by atoms with van der Waals surface area (Å²) < 4.78 is 21.4. The number of hydrogen-bond donors (Lipinski definition) is 3. The van der Waals surface area contributed by atoms with Crippen molar-refractivity contribution in [2.24, 2.45) is 5.73 Å². The fourth-order valence-electron chi connectivity index (χ4n) is 5.76. The average molecular weight is 745 g/mol. The van der Waals surface area contributed by atoms with Gasteiger partial charge in [-0.2, -0.15) is 0 Å². The Morgan fingerprint density at radius 2 is 1.81 bits per heavy atom. The molecule has 1 aliphatic heterocycles. The Bertz CT molecular complexity index is 1640. The zero-order chi connectivity index (χ0) is 29.7. The van der Waals surface area contributed by atoms with E-state index < -0.39 is 0 Å². The second-order valence-corrected chi connectivity index (χ2v) is 10.1. The van der Waals surface area contributed by atoms with Gasteiger partial charge in [-0.3, -0.25) is 4.79 Å². The number of aryl methyl sites for hydroxylation is 2. The third kappa shape index (κ3) is 6.39. The number of pyridine rings is 2. The van der Waals surface area contributed by atoms with E-state index in [0.717, 1.165) is 61.3 Å². The molecule has 0 saturated heterocycles. The third-order valence-electron chi connectivity index (χ3n) is 7.68. The number of hydrogen-bond acceptors (Lipinski definition) is 7. The Kier molecular flexibility index (Phi) is 11.7. The minimum Gasteiger partial charge on any atom is -0.508 e. The van der Waals surface area contributed by atoms with Gasteiger partial charge in [-0.15, -0.1) is 0 Å².